The van der Waals surface area contributed by atoms with Crippen LogP contribution in [0.25, 0.3) is 0 Å². The molecule has 0 aromatic heterocycles. The van der Waals surface area contributed by atoms with E-state index >= 15 is 0 Å². The molecule has 0 unspecified atom stereocenters. The lowest BCUT2D eigenvalue weighted by Gasteiger charge is -2.09. The Morgan fingerprint density at radius 3 is 2.68 bits per heavy atom. The molecule has 0 bridgehead atoms. The second-order valence-corrected chi connectivity index (χ2v) is 4.03. The smallest absolute Gasteiger partial charge is 0.338 e. The van der Waals surface area contributed by atoms with E-state index in [1.54, 1.807) is 38.1 Å². The van der Waals surface area contributed by atoms with Gasteiger partial charge in [0.1, 0.15) is 12.2 Å². The van der Waals surface area contributed by atoms with Gasteiger partial charge in [0, 0.05) is 11.3 Å². The van der Waals surface area contributed by atoms with Crippen LogP contribution in [0.4, 0.5) is 5.69 Å². The maximum Gasteiger partial charge on any atom is 0.338 e. The van der Waals surface area contributed by atoms with E-state index in [2.05, 4.69) is 11.9 Å². The molecule has 5 nitrogen and oxygen atoms in total. The van der Waals surface area contributed by atoms with Crippen molar-refractivity contribution in [2.45, 2.75) is 20.3 Å². The fourth-order valence-corrected chi connectivity index (χ4v) is 1.30. The minimum Gasteiger partial charge on any atom is -0.423 e. The highest BCUT2D eigenvalue weighted by Crippen LogP contribution is 2.22. The largest absolute Gasteiger partial charge is 0.423 e. The first-order valence-electron chi connectivity index (χ1n) is 5.59. The standard InChI is InChI=1S/C14H14N2O3/c1-9(2)14(18)19-11-4-5-12(10(3)8-11)16-13(17)6-7-15/h4-5,8H,1,6H2,2-3H3,(H,16,17). The van der Waals surface area contributed by atoms with Crippen molar-refractivity contribution < 1.29 is 14.3 Å². The van der Waals surface area contributed by atoms with Gasteiger partial charge < -0.3 is 10.1 Å². The van der Waals surface area contributed by atoms with Crippen molar-refractivity contribution in [1.29, 1.82) is 5.26 Å². The molecular weight excluding hydrogens is 244 g/mol. The number of hydrogen-bond acceptors (Lipinski definition) is 4. The van der Waals surface area contributed by atoms with Gasteiger partial charge in [0.25, 0.3) is 0 Å². The molecule has 1 rings (SSSR count). The van der Waals surface area contributed by atoms with E-state index in [4.69, 9.17) is 10.00 Å². The molecule has 0 heterocycles. The number of anilines is 1. The number of amides is 1. The quantitative estimate of drug-likeness (QED) is 0.510. The van der Waals surface area contributed by atoms with E-state index in [1.165, 1.54) is 0 Å². The molecule has 0 radical (unpaired) electrons. The Morgan fingerprint density at radius 1 is 1.47 bits per heavy atom. The molecule has 0 saturated heterocycles. The maximum atomic E-state index is 11.3. The van der Waals surface area contributed by atoms with Gasteiger partial charge in [-0.3, -0.25) is 4.79 Å². The molecule has 0 fully saturated rings. The Morgan fingerprint density at radius 2 is 2.16 bits per heavy atom. The lowest BCUT2D eigenvalue weighted by atomic mass is 10.2. The molecule has 5 heteroatoms. The number of carbonyl (C=O) groups is 2. The Kier molecular flexibility index (Phi) is 4.84. The summed E-state index contributed by atoms with van der Waals surface area (Å²) in [5.41, 5.74) is 1.62. The van der Waals surface area contributed by atoms with Crippen molar-refractivity contribution in [2.24, 2.45) is 0 Å². The summed E-state index contributed by atoms with van der Waals surface area (Å²) in [6.45, 7) is 6.81. The second-order valence-electron chi connectivity index (χ2n) is 4.03. The van der Waals surface area contributed by atoms with Crippen LogP contribution in [-0.2, 0) is 9.59 Å². The monoisotopic (exact) mass is 258 g/mol. The molecule has 1 amide bonds. The number of benzene rings is 1. The molecule has 0 aliphatic heterocycles. The van der Waals surface area contributed by atoms with Gasteiger partial charge in [0.05, 0.1) is 6.07 Å². The van der Waals surface area contributed by atoms with Gasteiger partial charge in [-0.2, -0.15) is 5.26 Å². The van der Waals surface area contributed by atoms with E-state index in [1.807, 2.05) is 0 Å². The molecular formula is C14H14N2O3. The average Bonchev–Trinajstić information content (AvgIpc) is 2.32. The highest BCUT2D eigenvalue weighted by molar-refractivity contribution is 5.93. The van der Waals surface area contributed by atoms with Crippen LogP contribution in [0.3, 0.4) is 0 Å². The van der Waals surface area contributed by atoms with Gasteiger partial charge in [-0.25, -0.2) is 4.79 Å². The third-order valence-corrected chi connectivity index (χ3v) is 2.27. The van der Waals surface area contributed by atoms with Crippen molar-refractivity contribution >= 4 is 17.6 Å². The molecule has 0 atom stereocenters. The van der Waals surface area contributed by atoms with Crippen LogP contribution in [0.2, 0.25) is 0 Å². The molecule has 0 aliphatic rings. The average molecular weight is 258 g/mol. The minimum atomic E-state index is -0.499. The Hall–Kier alpha value is -2.61. The van der Waals surface area contributed by atoms with Gasteiger partial charge in [-0.15, -0.1) is 0 Å². The zero-order chi connectivity index (χ0) is 14.4. The summed E-state index contributed by atoms with van der Waals surface area (Å²) in [5.74, 6) is -0.498. The van der Waals surface area contributed by atoms with E-state index in [-0.39, 0.29) is 12.3 Å². The molecule has 19 heavy (non-hydrogen) atoms. The predicted octanol–water partition coefficient (Wildman–Crippen LogP) is 2.33. The number of nitrogens with one attached hydrogen (secondary N) is 1. The van der Waals surface area contributed by atoms with E-state index in [9.17, 15) is 9.59 Å². The first-order valence-corrected chi connectivity index (χ1v) is 5.59. The summed E-state index contributed by atoms with van der Waals surface area (Å²) in [6.07, 6.45) is -0.203. The van der Waals surface area contributed by atoms with Gasteiger partial charge in [0.15, 0.2) is 0 Å². The first-order chi connectivity index (χ1) is 8.93. The van der Waals surface area contributed by atoms with Crippen LogP contribution in [0.1, 0.15) is 18.9 Å². The van der Waals surface area contributed by atoms with Gasteiger partial charge in [-0.1, -0.05) is 6.58 Å². The van der Waals surface area contributed by atoms with Crippen LogP contribution >= 0.6 is 0 Å². The SMILES string of the molecule is C=C(C)C(=O)Oc1ccc(NC(=O)CC#N)c(C)c1. The number of nitriles is 1. The van der Waals surface area contributed by atoms with E-state index < -0.39 is 5.97 Å². The number of rotatable bonds is 4. The molecule has 0 saturated carbocycles. The van der Waals surface area contributed by atoms with Crippen molar-refractivity contribution in [3.05, 3.63) is 35.9 Å². The van der Waals surface area contributed by atoms with Gasteiger partial charge in [0.2, 0.25) is 5.91 Å². The van der Waals surface area contributed by atoms with E-state index in [0.29, 0.717) is 17.0 Å². The van der Waals surface area contributed by atoms with Crippen molar-refractivity contribution in [3.63, 3.8) is 0 Å². The lowest BCUT2D eigenvalue weighted by Crippen LogP contribution is -2.12. The van der Waals surface area contributed by atoms with Crippen molar-refractivity contribution in [2.75, 3.05) is 5.32 Å². The van der Waals surface area contributed by atoms with Crippen LogP contribution in [0.5, 0.6) is 5.75 Å². The molecule has 98 valence electrons. The third-order valence-electron chi connectivity index (χ3n) is 2.27. The number of aryl methyl sites for hydroxylation is 1. The van der Waals surface area contributed by atoms with Crippen LogP contribution < -0.4 is 10.1 Å². The summed E-state index contributed by atoms with van der Waals surface area (Å²) < 4.78 is 5.06. The highest BCUT2D eigenvalue weighted by atomic mass is 16.5. The Balaban J connectivity index is 2.80. The van der Waals surface area contributed by atoms with Gasteiger partial charge in [-0.05, 0) is 37.6 Å². The number of esters is 1. The fraction of sp³-hybridized carbons (Fsp3) is 0.214. The summed E-state index contributed by atoms with van der Waals surface area (Å²) in [7, 11) is 0. The molecule has 1 N–H and O–H groups in total. The fourth-order valence-electron chi connectivity index (χ4n) is 1.30. The normalized spacial score (nSPS) is 9.32. The Labute approximate surface area is 111 Å². The topological polar surface area (TPSA) is 79.2 Å². The first kappa shape index (κ1) is 14.5. The number of ether oxygens (including phenoxy) is 1. The lowest BCUT2D eigenvalue weighted by molar-refractivity contribution is -0.130. The van der Waals surface area contributed by atoms with Crippen molar-refractivity contribution in [1.82, 2.24) is 0 Å². The summed E-state index contributed by atoms with van der Waals surface area (Å²) in [4.78, 5) is 22.6. The number of carbonyl (C=O) groups excluding carboxylic acids is 2. The highest BCUT2D eigenvalue weighted by Gasteiger charge is 2.08. The van der Waals surface area contributed by atoms with Gasteiger partial charge >= 0.3 is 5.97 Å². The molecule has 0 aliphatic carbocycles. The summed E-state index contributed by atoms with van der Waals surface area (Å²) >= 11 is 0. The molecule has 1 aromatic rings. The second kappa shape index (κ2) is 6.36. The zero-order valence-corrected chi connectivity index (χ0v) is 10.8. The van der Waals surface area contributed by atoms with Crippen LogP contribution in [0.15, 0.2) is 30.4 Å². The summed E-state index contributed by atoms with van der Waals surface area (Å²) in [6, 6.07) is 6.58. The third kappa shape index (κ3) is 4.28. The van der Waals surface area contributed by atoms with E-state index in [0.717, 1.165) is 5.56 Å². The Bertz CT molecular complexity index is 571. The van der Waals surface area contributed by atoms with Crippen LogP contribution in [-0.4, -0.2) is 11.9 Å². The molecule has 1 aromatic carbocycles. The predicted molar refractivity (Wildman–Crippen MR) is 70.5 cm³/mol. The molecule has 0 spiro atoms. The minimum absolute atomic E-state index is 0.203. The zero-order valence-electron chi connectivity index (χ0n) is 10.8. The maximum absolute atomic E-state index is 11.3. The number of nitrogens with zero attached hydrogens (tertiary/aromatic N) is 1. The summed E-state index contributed by atoms with van der Waals surface area (Å²) in [5, 5.41) is 11.0. The van der Waals surface area contributed by atoms with Crippen LogP contribution in [0, 0.1) is 18.3 Å². The van der Waals surface area contributed by atoms with Crippen molar-refractivity contribution in [3.8, 4) is 11.8 Å². The number of hydrogen-bond donors (Lipinski definition) is 1.